The third-order valence-corrected chi connectivity index (χ3v) is 7.99. The van der Waals surface area contributed by atoms with E-state index in [1.807, 2.05) is 0 Å². The molecule has 4 rings (SSSR count). The average molecular weight is 369 g/mol. The SMILES string of the molecule is O=C1[C@H]2C[C@@H](NS(=O)(=O)c3cccs3)CCN2C(=O)[C@H]2CCCN12. The van der Waals surface area contributed by atoms with E-state index in [1.165, 1.54) is 0 Å². The maximum Gasteiger partial charge on any atom is 0.250 e. The molecular weight excluding hydrogens is 350 g/mol. The fraction of sp³-hybridized carbons (Fsp3) is 0.600. The smallest absolute Gasteiger partial charge is 0.250 e. The van der Waals surface area contributed by atoms with Crippen LogP contribution in [-0.2, 0) is 19.6 Å². The van der Waals surface area contributed by atoms with Crippen molar-refractivity contribution in [1.29, 1.82) is 0 Å². The maximum absolute atomic E-state index is 12.7. The van der Waals surface area contributed by atoms with Crippen LogP contribution in [0.5, 0.6) is 0 Å². The van der Waals surface area contributed by atoms with E-state index in [4.69, 9.17) is 0 Å². The summed E-state index contributed by atoms with van der Waals surface area (Å²) in [4.78, 5) is 28.6. The Morgan fingerprint density at radius 2 is 1.83 bits per heavy atom. The van der Waals surface area contributed by atoms with Crippen molar-refractivity contribution in [3.8, 4) is 0 Å². The molecule has 1 aromatic heterocycles. The van der Waals surface area contributed by atoms with E-state index in [0.29, 0.717) is 25.9 Å². The van der Waals surface area contributed by atoms with E-state index < -0.39 is 16.1 Å². The summed E-state index contributed by atoms with van der Waals surface area (Å²) in [5, 5.41) is 1.72. The summed E-state index contributed by atoms with van der Waals surface area (Å²) < 4.78 is 27.7. The minimum absolute atomic E-state index is 0.0247. The van der Waals surface area contributed by atoms with Crippen molar-refractivity contribution in [2.24, 2.45) is 0 Å². The molecule has 1 N–H and O–H groups in total. The minimum atomic E-state index is -3.56. The van der Waals surface area contributed by atoms with Gasteiger partial charge in [-0.15, -0.1) is 11.3 Å². The monoisotopic (exact) mass is 369 g/mol. The van der Waals surface area contributed by atoms with Gasteiger partial charge >= 0.3 is 0 Å². The van der Waals surface area contributed by atoms with Gasteiger partial charge in [0.1, 0.15) is 16.3 Å². The Labute approximate surface area is 144 Å². The van der Waals surface area contributed by atoms with E-state index in [0.717, 1.165) is 24.2 Å². The molecule has 0 aromatic carbocycles. The molecule has 0 bridgehead atoms. The summed E-state index contributed by atoms with van der Waals surface area (Å²) >= 11 is 1.16. The zero-order valence-electron chi connectivity index (χ0n) is 13.1. The zero-order chi connectivity index (χ0) is 16.9. The molecule has 3 aliphatic heterocycles. The standard InChI is InChI=1S/C15H19N3O4S2/c19-14-11-3-1-6-17(11)15(20)12-9-10(5-7-18(12)14)16-24(21,22)13-4-2-8-23-13/h2,4,8,10-12,16H,1,3,5-7,9H2/t10-,11+,12+/m0/s1. The Morgan fingerprint density at radius 1 is 1.08 bits per heavy atom. The highest BCUT2D eigenvalue weighted by Gasteiger charge is 2.49. The number of nitrogens with zero attached hydrogens (tertiary/aromatic N) is 2. The lowest BCUT2D eigenvalue weighted by molar-refractivity contribution is -0.161. The Bertz CT molecular complexity index is 762. The number of amides is 2. The highest BCUT2D eigenvalue weighted by Crippen LogP contribution is 2.32. The molecule has 1 aromatic rings. The van der Waals surface area contributed by atoms with Crippen LogP contribution in [0.3, 0.4) is 0 Å². The highest BCUT2D eigenvalue weighted by atomic mass is 32.2. The van der Waals surface area contributed by atoms with E-state index in [2.05, 4.69) is 4.72 Å². The van der Waals surface area contributed by atoms with Gasteiger partial charge in [-0.3, -0.25) is 9.59 Å². The summed E-state index contributed by atoms with van der Waals surface area (Å²) in [6.45, 7) is 1.06. The molecule has 9 heteroatoms. The van der Waals surface area contributed by atoms with Gasteiger partial charge in [-0.1, -0.05) is 6.07 Å². The molecule has 24 heavy (non-hydrogen) atoms. The van der Waals surface area contributed by atoms with Crippen molar-refractivity contribution in [2.45, 2.75) is 48.0 Å². The molecule has 130 valence electrons. The summed E-state index contributed by atoms with van der Waals surface area (Å²) in [6.07, 6.45) is 2.48. The van der Waals surface area contributed by atoms with Crippen LogP contribution in [0.1, 0.15) is 25.7 Å². The van der Waals surface area contributed by atoms with Crippen molar-refractivity contribution in [3.05, 3.63) is 17.5 Å². The summed E-state index contributed by atoms with van der Waals surface area (Å²) in [5.41, 5.74) is 0. The van der Waals surface area contributed by atoms with E-state index >= 15 is 0 Å². The number of nitrogens with one attached hydrogen (secondary N) is 1. The summed E-state index contributed by atoms with van der Waals surface area (Å²) in [5.74, 6) is -0.00575. The predicted octanol–water partition coefficient (Wildman–Crippen LogP) is 0.391. The second-order valence-electron chi connectivity index (χ2n) is 6.51. The van der Waals surface area contributed by atoms with Gasteiger partial charge in [0.25, 0.3) is 0 Å². The number of carbonyl (C=O) groups excluding carboxylic acids is 2. The molecule has 2 amide bonds. The number of piperidine rings is 1. The first-order chi connectivity index (χ1) is 11.5. The number of rotatable bonds is 3. The molecule has 3 atom stereocenters. The third-order valence-electron chi connectivity index (χ3n) is 5.07. The van der Waals surface area contributed by atoms with Crippen LogP contribution in [0.2, 0.25) is 0 Å². The van der Waals surface area contributed by atoms with Crippen LogP contribution in [0, 0.1) is 0 Å². The number of carbonyl (C=O) groups is 2. The van der Waals surface area contributed by atoms with Crippen LogP contribution in [-0.4, -0.2) is 61.2 Å². The summed E-state index contributed by atoms with van der Waals surface area (Å²) in [6, 6.07) is 2.10. The highest BCUT2D eigenvalue weighted by molar-refractivity contribution is 7.91. The fourth-order valence-corrected chi connectivity index (χ4v) is 6.23. The molecule has 0 radical (unpaired) electrons. The largest absolute Gasteiger partial charge is 0.329 e. The van der Waals surface area contributed by atoms with Gasteiger partial charge in [0.05, 0.1) is 0 Å². The van der Waals surface area contributed by atoms with Crippen LogP contribution >= 0.6 is 11.3 Å². The lowest BCUT2D eigenvalue weighted by Gasteiger charge is -2.46. The third kappa shape index (κ3) is 2.55. The average Bonchev–Trinajstić information content (AvgIpc) is 3.23. The first-order valence-corrected chi connectivity index (χ1v) is 10.5. The topological polar surface area (TPSA) is 86.8 Å². The minimum Gasteiger partial charge on any atom is -0.329 e. The van der Waals surface area contributed by atoms with Crippen molar-refractivity contribution >= 4 is 33.2 Å². The first kappa shape index (κ1) is 16.0. The number of sulfonamides is 1. The van der Waals surface area contributed by atoms with Gasteiger partial charge in [0, 0.05) is 19.1 Å². The van der Waals surface area contributed by atoms with Gasteiger partial charge in [0.15, 0.2) is 0 Å². The molecular formula is C15H19N3O4S2. The number of fused-ring (bicyclic) bond motifs is 2. The molecule has 7 nitrogen and oxygen atoms in total. The Morgan fingerprint density at radius 3 is 2.58 bits per heavy atom. The van der Waals surface area contributed by atoms with E-state index in [-0.39, 0.29) is 28.1 Å². The predicted molar refractivity (Wildman–Crippen MR) is 87.9 cm³/mol. The Balaban J connectivity index is 1.51. The molecule has 4 heterocycles. The van der Waals surface area contributed by atoms with Crippen molar-refractivity contribution < 1.29 is 18.0 Å². The number of hydrogen-bond donors (Lipinski definition) is 1. The van der Waals surface area contributed by atoms with Crippen LogP contribution in [0.15, 0.2) is 21.7 Å². The number of thiophene rings is 1. The van der Waals surface area contributed by atoms with Gasteiger partial charge in [-0.05, 0) is 37.1 Å². The van der Waals surface area contributed by atoms with Crippen LogP contribution in [0.4, 0.5) is 0 Å². The van der Waals surface area contributed by atoms with Gasteiger partial charge in [0.2, 0.25) is 21.8 Å². The van der Waals surface area contributed by atoms with Crippen molar-refractivity contribution in [2.75, 3.05) is 13.1 Å². The van der Waals surface area contributed by atoms with E-state index in [9.17, 15) is 18.0 Å². The second kappa shape index (κ2) is 5.82. The van der Waals surface area contributed by atoms with Crippen LogP contribution in [0.25, 0.3) is 0 Å². The lowest BCUT2D eigenvalue weighted by atomic mass is 9.93. The van der Waals surface area contributed by atoms with Gasteiger partial charge in [-0.25, -0.2) is 13.1 Å². The number of hydrogen-bond acceptors (Lipinski definition) is 5. The van der Waals surface area contributed by atoms with Gasteiger partial charge in [-0.2, -0.15) is 0 Å². The zero-order valence-corrected chi connectivity index (χ0v) is 14.7. The fourth-order valence-electron chi connectivity index (χ4n) is 3.93. The maximum atomic E-state index is 12.7. The Kier molecular flexibility index (Phi) is 3.89. The molecule has 0 unspecified atom stereocenters. The Hall–Kier alpha value is -1.45. The van der Waals surface area contributed by atoms with Crippen LogP contribution < -0.4 is 4.72 Å². The molecule has 3 aliphatic rings. The molecule has 3 saturated heterocycles. The molecule has 3 fully saturated rings. The lowest BCUT2D eigenvalue weighted by Crippen LogP contribution is -2.66. The van der Waals surface area contributed by atoms with E-state index in [1.54, 1.807) is 27.3 Å². The first-order valence-electron chi connectivity index (χ1n) is 8.14. The quantitative estimate of drug-likeness (QED) is 0.835. The van der Waals surface area contributed by atoms with Gasteiger partial charge < -0.3 is 9.80 Å². The second-order valence-corrected chi connectivity index (χ2v) is 9.40. The normalized spacial score (nSPS) is 30.4. The van der Waals surface area contributed by atoms with Crippen molar-refractivity contribution in [1.82, 2.24) is 14.5 Å². The molecule has 0 aliphatic carbocycles. The molecule has 0 saturated carbocycles. The summed E-state index contributed by atoms with van der Waals surface area (Å²) in [7, 11) is -3.56. The van der Waals surface area contributed by atoms with Crippen molar-refractivity contribution in [3.63, 3.8) is 0 Å². The number of piperazine rings is 1. The molecule has 0 spiro atoms.